The second-order valence-electron chi connectivity index (χ2n) is 5.98. The molecule has 0 rings (SSSR count). The molecule has 3 heteroatoms. The van der Waals surface area contributed by atoms with Gasteiger partial charge in [-0.15, -0.1) is 0 Å². The zero-order valence-corrected chi connectivity index (χ0v) is 15.2. The maximum atomic E-state index is 11.4. The van der Waals surface area contributed by atoms with Crippen molar-refractivity contribution in [1.82, 2.24) is 5.32 Å². The molecule has 0 aliphatic carbocycles. The molecule has 0 bridgehead atoms. The highest BCUT2D eigenvalue weighted by molar-refractivity contribution is 7.98. The molecule has 0 unspecified atom stereocenters. The van der Waals surface area contributed by atoms with Gasteiger partial charge in [0, 0.05) is 18.7 Å². The lowest BCUT2D eigenvalue weighted by molar-refractivity contribution is -0.120. The summed E-state index contributed by atoms with van der Waals surface area (Å²) >= 11 is 1.73. The van der Waals surface area contributed by atoms with E-state index in [1.807, 2.05) is 6.26 Å². The fourth-order valence-corrected chi connectivity index (χ4v) is 2.87. The number of hydrogen-bond donors (Lipinski definition) is 1. The molecule has 0 saturated heterocycles. The molecular weight excluding hydrogens is 278 g/mol. The highest BCUT2D eigenvalue weighted by atomic mass is 32.2. The maximum Gasteiger partial charge on any atom is 0.220 e. The van der Waals surface area contributed by atoms with Crippen LogP contribution in [-0.2, 0) is 4.79 Å². The number of hydrogen-bond acceptors (Lipinski definition) is 2. The molecule has 0 spiro atoms. The average Bonchev–Trinajstić information content (AvgIpc) is 2.49. The number of thioether (sulfide) groups is 1. The Morgan fingerprint density at radius 2 is 1.29 bits per heavy atom. The molecule has 0 saturated carbocycles. The molecule has 21 heavy (non-hydrogen) atoms. The molecule has 0 aromatic carbocycles. The first-order chi connectivity index (χ1) is 10.3. The van der Waals surface area contributed by atoms with Crippen LogP contribution in [0.3, 0.4) is 0 Å². The van der Waals surface area contributed by atoms with E-state index >= 15 is 0 Å². The Labute approximate surface area is 137 Å². The normalized spacial score (nSPS) is 10.8. The Morgan fingerprint density at radius 3 is 1.76 bits per heavy atom. The highest BCUT2D eigenvalue weighted by Gasteiger charge is 1.99. The predicted molar refractivity (Wildman–Crippen MR) is 97.1 cm³/mol. The van der Waals surface area contributed by atoms with Crippen LogP contribution < -0.4 is 5.32 Å². The summed E-state index contributed by atoms with van der Waals surface area (Å²) < 4.78 is 0. The first-order valence-corrected chi connectivity index (χ1v) is 10.5. The molecule has 0 fully saturated rings. The second-order valence-corrected chi connectivity index (χ2v) is 6.97. The van der Waals surface area contributed by atoms with E-state index in [9.17, 15) is 4.79 Å². The summed E-state index contributed by atoms with van der Waals surface area (Å²) in [7, 11) is 0. The van der Waals surface area contributed by atoms with E-state index in [0.717, 1.165) is 18.7 Å². The van der Waals surface area contributed by atoms with Gasteiger partial charge in [0.05, 0.1) is 0 Å². The minimum absolute atomic E-state index is 0.215. The van der Waals surface area contributed by atoms with E-state index in [4.69, 9.17) is 0 Å². The number of unbranched alkanes of at least 4 members (excludes halogenated alkanes) is 11. The van der Waals surface area contributed by atoms with Crippen LogP contribution in [0.15, 0.2) is 0 Å². The van der Waals surface area contributed by atoms with E-state index < -0.39 is 0 Å². The van der Waals surface area contributed by atoms with Crippen LogP contribution in [-0.4, -0.2) is 24.5 Å². The topological polar surface area (TPSA) is 29.1 Å². The largest absolute Gasteiger partial charge is 0.356 e. The Morgan fingerprint density at radius 1 is 0.810 bits per heavy atom. The lowest BCUT2D eigenvalue weighted by Gasteiger charge is -2.05. The third-order valence-electron chi connectivity index (χ3n) is 3.89. The van der Waals surface area contributed by atoms with E-state index in [1.54, 1.807) is 11.8 Å². The zero-order valence-electron chi connectivity index (χ0n) is 14.4. The van der Waals surface area contributed by atoms with Crippen LogP contribution in [0.4, 0.5) is 0 Å². The van der Waals surface area contributed by atoms with Gasteiger partial charge in [-0.3, -0.25) is 4.79 Å². The van der Waals surface area contributed by atoms with E-state index in [-0.39, 0.29) is 5.91 Å². The highest BCUT2D eigenvalue weighted by Crippen LogP contribution is 2.11. The van der Waals surface area contributed by atoms with Gasteiger partial charge in [-0.2, -0.15) is 11.8 Å². The predicted octanol–water partition coefficient (Wildman–Crippen LogP) is 5.56. The molecule has 0 atom stereocenters. The van der Waals surface area contributed by atoms with Gasteiger partial charge in [0.15, 0.2) is 0 Å². The summed E-state index contributed by atoms with van der Waals surface area (Å²) in [5, 5.41) is 3.00. The summed E-state index contributed by atoms with van der Waals surface area (Å²) in [4.78, 5) is 11.4. The molecule has 0 aliphatic heterocycles. The van der Waals surface area contributed by atoms with Crippen LogP contribution in [0.2, 0.25) is 0 Å². The van der Waals surface area contributed by atoms with Crippen molar-refractivity contribution in [2.45, 2.75) is 90.4 Å². The van der Waals surface area contributed by atoms with Gasteiger partial charge >= 0.3 is 0 Å². The van der Waals surface area contributed by atoms with E-state index in [1.165, 1.54) is 70.6 Å². The lowest BCUT2D eigenvalue weighted by atomic mass is 10.1. The molecule has 0 aromatic rings. The third-order valence-corrected chi connectivity index (χ3v) is 4.50. The fourth-order valence-electron chi connectivity index (χ4n) is 2.48. The lowest BCUT2D eigenvalue weighted by Crippen LogP contribution is -2.24. The first-order valence-electron chi connectivity index (χ1n) is 9.07. The van der Waals surface area contributed by atoms with Gasteiger partial charge in [0.25, 0.3) is 0 Å². The fraction of sp³-hybridized carbons (Fsp3) is 0.944. The van der Waals surface area contributed by atoms with Gasteiger partial charge in [-0.1, -0.05) is 77.6 Å². The molecule has 0 heterocycles. The molecule has 1 amide bonds. The van der Waals surface area contributed by atoms with E-state index in [0.29, 0.717) is 6.42 Å². The van der Waals surface area contributed by atoms with Crippen LogP contribution in [0.5, 0.6) is 0 Å². The standard InChI is InChI=1S/C18H37NOS/c1-3-4-5-6-7-8-9-10-11-12-13-14-16-19-18(20)15-17-21-2/h3-17H2,1-2H3,(H,19,20). The summed E-state index contributed by atoms with van der Waals surface area (Å²) in [6.45, 7) is 3.14. The number of amides is 1. The van der Waals surface area contributed by atoms with Crippen molar-refractivity contribution in [3.05, 3.63) is 0 Å². The summed E-state index contributed by atoms with van der Waals surface area (Å²) in [5.74, 6) is 1.15. The zero-order chi connectivity index (χ0) is 15.6. The average molecular weight is 316 g/mol. The molecule has 1 N–H and O–H groups in total. The summed E-state index contributed by atoms with van der Waals surface area (Å²) in [6.07, 6.45) is 19.1. The smallest absolute Gasteiger partial charge is 0.220 e. The van der Waals surface area contributed by atoms with Gasteiger partial charge in [-0.05, 0) is 12.7 Å². The minimum Gasteiger partial charge on any atom is -0.356 e. The van der Waals surface area contributed by atoms with Crippen LogP contribution in [0.25, 0.3) is 0 Å². The maximum absolute atomic E-state index is 11.4. The molecule has 0 aliphatic rings. The van der Waals surface area contributed by atoms with Crippen molar-refractivity contribution in [2.75, 3.05) is 18.6 Å². The third kappa shape index (κ3) is 17.8. The number of nitrogens with one attached hydrogen (secondary N) is 1. The SMILES string of the molecule is CCCCCCCCCCCCCCNC(=O)CCSC. The Hall–Kier alpha value is -0.180. The van der Waals surface area contributed by atoms with Crippen molar-refractivity contribution < 1.29 is 4.79 Å². The molecule has 2 nitrogen and oxygen atoms in total. The van der Waals surface area contributed by atoms with Crippen molar-refractivity contribution >= 4 is 17.7 Å². The van der Waals surface area contributed by atoms with Crippen molar-refractivity contribution in [2.24, 2.45) is 0 Å². The molecule has 126 valence electrons. The Bertz CT molecular complexity index is 221. The van der Waals surface area contributed by atoms with Crippen molar-refractivity contribution in [1.29, 1.82) is 0 Å². The monoisotopic (exact) mass is 315 g/mol. The Kier molecular flexibility index (Phi) is 17.7. The number of carbonyl (C=O) groups excluding carboxylic acids is 1. The van der Waals surface area contributed by atoms with Gasteiger partial charge < -0.3 is 5.32 Å². The van der Waals surface area contributed by atoms with Gasteiger partial charge in [0.1, 0.15) is 0 Å². The number of rotatable bonds is 16. The van der Waals surface area contributed by atoms with Crippen LogP contribution >= 0.6 is 11.8 Å². The number of carbonyl (C=O) groups is 1. The van der Waals surface area contributed by atoms with Gasteiger partial charge in [0.2, 0.25) is 5.91 Å². The van der Waals surface area contributed by atoms with Crippen molar-refractivity contribution in [3.8, 4) is 0 Å². The molecular formula is C18H37NOS. The van der Waals surface area contributed by atoms with Crippen LogP contribution in [0.1, 0.15) is 90.4 Å². The summed E-state index contributed by atoms with van der Waals surface area (Å²) in [5.41, 5.74) is 0. The first kappa shape index (κ1) is 20.8. The Balaban J connectivity index is 3.04. The van der Waals surface area contributed by atoms with Crippen molar-refractivity contribution in [3.63, 3.8) is 0 Å². The minimum atomic E-state index is 0.215. The molecule has 0 aromatic heterocycles. The van der Waals surface area contributed by atoms with E-state index in [2.05, 4.69) is 12.2 Å². The second kappa shape index (κ2) is 17.9. The summed E-state index contributed by atoms with van der Waals surface area (Å²) in [6, 6.07) is 0. The van der Waals surface area contributed by atoms with Crippen LogP contribution in [0, 0.1) is 0 Å². The van der Waals surface area contributed by atoms with Gasteiger partial charge in [-0.25, -0.2) is 0 Å². The quantitative estimate of drug-likeness (QED) is 0.378. The molecule has 0 radical (unpaired) electrons.